The molecule has 0 aromatic heterocycles. The number of amides is 1. The Hall–Kier alpha value is -2.00. The molecule has 3 nitrogen and oxygen atoms in total. The Morgan fingerprint density at radius 2 is 2.00 bits per heavy atom. The van der Waals surface area contributed by atoms with Crippen molar-refractivity contribution in [2.45, 2.75) is 19.8 Å². The molecule has 2 aromatic rings. The van der Waals surface area contributed by atoms with Crippen LogP contribution in [0, 0.1) is 0 Å². The van der Waals surface area contributed by atoms with Gasteiger partial charge < -0.3 is 10.1 Å². The van der Waals surface area contributed by atoms with Gasteiger partial charge in [0.25, 0.3) is 5.91 Å². The lowest BCUT2D eigenvalue weighted by Crippen LogP contribution is -2.30. The number of hydrogen-bond donors (Lipinski definition) is 1. The number of ether oxygens (including phenoxy) is 1. The number of benzene rings is 2. The van der Waals surface area contributed by atoms with Crippen molar-refractivity contribution >= 4 is 17.5 Å². The maximum atomic E-state index is 11.8. The molecular weight excluding hydrogens is 298 g/mol. The lowest BCUT2D eigenvalue weighted by atomic mass is 10.1. The number of rotatable bonds is 7. The van der Waals surface area contributed by atoms with Crippen molar-refractivity contribution in [1.29, 1.82) is 0 Å². The van der Waals surface area contributed by atoms with Crippen molar-refractivity contribution in [3.63, 3.8) is 0 Å². The summed E-state index contributed by atoms with van der Waals surface area (Å²) in [5, 5.41) is 3.56. The molecule has 4 heteroatoms. The van der Waals surface area contributed by atoms with Crippen LogP contribution >= 0.6 is 11.6 Å². The molecule has 0 unspecified atom stereocenters. The van der Waals surface area contributed by atoms with Gasteiger partial charge in [-0.2, -0.15) is 0 Å². The first-order chi connectivity index (χ1) is 10.7. The third-order valence-corrected chi connectivity index (χ3v) is 3.57. The predicted octanol–water partition coefficient (Wildman–Crippen LogP) is 3.64. The van der Waals surface area contributed by atoms with Gasteiger partial charge in [-0.15, -0.1) is 0 Å². The summed E-state index contributed by atoms with van der Waals surface area (Å²) < 4.78 is 5.58. The smallest absolute Gasteiger partial charge is 0.257 e. The van der Waals surface area contributed by atoms with E-state index >= 15 is 0 Å². The first-order valence-electron chi connectivity index (χ1n) is 7.41. The Kier molecular flexibility index (Phi) is 6.28. The van der Waals surface area contributed by atoms with Gasteiger partial charge in [0.15, 0.2) is 6.61 Å². The van der Waals surface area contributed by atoms with Gasteiger partial charge in [-0.25, -0.2) is 0 Å². The van der Waals surface area contributed by atoms with E-state index in [-0.39, 0.29) is 12.5 Å². The van der Waals surface area contributed by atoms with E-state index in [4.69, 9.17) is 16.3 Å². The Bertz CT molecular complexity index is 628. The molecule has 0 aliphatic rings. The van der Waals surface area contributed by atoms with Crippen LogP contribution in [0.1, 0.15) is 18.1 Å². The highest BCUT2D eigenvalue weighted by Crippen LogP contribution is 2.17. The fourth-order valence-corrected chi connectivity index (χ4v) is 2.38. The minimum absolute atomic E-state index is 0.0343. The van der Waals surface area contributed by atoms with Crippen LogP contribution in [-0.4, -0.2) is 19.1 Å². The average Bonchev–Trinajstić information content (AvgIpc) is 2.53. The monoisotopic (exact) mass is 317 g/mol. The van der Waals surface area contributed by atoms with E-state index in [1.807, 2.05) is 48.5 Å². The Labute approximate surface area is 136 Å². The number of para-hydroxylation sites is 1. The van der Waals surface area contributed by atoms with Gasteiger partial charge in [0.05, 0.1) is 0 Å². The molecule has 0 spiro atoms. The van der Waals surface area contributed by atoms with Gasteiger partial charge in [-0.3, -0.25) is 4.79 Å². The minimum atomic E-state index is -0.118. The maximum absolute atomic E-state index is 11.8. The fourth-order valence-electron chi connectivity index (χ4n) is 2.17. The minimum Gasteiger partial charge on any atom is -0.483 e. The molecule has 0 saturated heterocycles. The third-order valence-electron chi connectivity index (χ3n) is 3.34. The number of carbonyl (C=O) groups is 1. The predicted molar refractivity (Wildman–Crippen MR) is 89.5 cm³/mol. The molecular formula is C18H20ClNO2. The average molecular weight is 318 g/mol. The molecule has 2 rings (SSSR count). The number of nitrogens with one attached hydrogen (secondary N) is 1. The molecule has 116 valence electrons. The molecule has 0 radical (unpaired) electrons. The first kappa shape index (κ1) is 16.4. The molecule has 0 aliphatic heterocycles. The van der Waals surface area contributed by atoms with Gasteiger partial charge in [0.2, 0.25) is 0 Å². The van der Waals surface area contributed by atoms with Crippen LogP contribution < -0.4 is 10.1 Å². The highest BCUT2D eigenvalue weighted by Gasteiger charge is 2.05. The van der Waals surface area contributed by atoms with Gasteiger partial charge in [-0.05, 0) is 42.2 Å². The summed E-state index contributed by atoms with van der Waals surface area (Å²) in [6, 6.07) is 15.4. The summed E-state index contributed by atoms with van der Waals surface area (Å²) in [6.45, 7) is 2.66. The molecule has 0 atom stereocenters. The molecule has 0 aliphatic carbocycles. The quantitative estimate of drug-likeness (QED) is 0.846. The molecule has 1 amide bonds. The van der Waals surface area contributed by atoms with Gasteiger partial charge in [0, 0.05) is 11.6 Å². The van der Waals surface area contributed by atoms with Crippen LogP contribution in [0.5, 0.6) is 5.75 Å². The zero-order valence-corrected chi connectivity index (χ0v) is 13.4. The largest absolute Gasteiger partial charge is 0.483 e. The van der Waals surface area contributed by atoms with E-state index in [1.54, 1.807) is 0 Å². The van der Waals surface area contributed by atoms with Crippen LogP contribution in [0.2, 0.25) is 5.02 Å². The zero-order valence-electron chi connectivity index (χ0n) is 12.6. The second kappa shape index (κ2) is 8.44. The van der Waals surface area contributed by atoms with E-state index in [0.29, 0.717) is 11.6 Å². The number of aryl methyl sites for hydroxylation is 1. The lowest BCUT2D eigenvalue weighted by Gasteiger charge is -2.10. The third kappa shape index (κ3) is 5.08. The topological polar surface area (TPSA) is 38.3 Å². The van der Waals surface area contributed by atoms with E-state index < -0.39 is 0 Å². The van der Waals surface area contributed by atoms with Crippen molar-refractivity contribution in [3.8, 4) is 5.75 Å². The Balaban J connectivity index is 1.74. The highest BCUT2D eigenvalue weighted by molar-refractivity contribution is 6.30. The SMILES string of the molecule is CCc1ccccc1OCC(=O)NCCc1cccc(Cl)c1. The summed E-state index contributed by atoms with van der Waals surface area (Å²) in [6.07, 6.45) is 1.63. The van der Waals surface area contributed by atoms with Gasteiger partial charge >= 0.3 is 0 Å². The Morgan fingerprint density at radius 3 is 2.77 bits per heavy atom. The second-order valence-electron chi connectivity index (χ2n) is 4.98. The molecule has 0 bridgehead atoms. The van der Waals surface area contributed by atoms with E-state index in [1.165, 1.54) is 0 Å². The van der Waals surface area contributed by atoms with E-state index in [0.717, 1.165) is 29.7 Å². The molecule has 0 fully saturated rings. The van der Waals surface area contributed by atoms with Crippen molar-refractivity contribution in [1.82, 2.24) is 5.32 Å². The number of carbonyl (C=O) groups excluding carboxylic acids is 1. The lowest BCUT2D eigenvalue weighted by molar-refractivity contribution is -0.123. The zero-order chi connectivity index (χ0) is 15.8. The van der Waals surface area contributed by atoms with Crippen LogP contribution in [0.3, 0.4) is 0 Å². The van der Waals surface area contributed by atoms with Crippen molar-refractivity contribution in [2.75, 3.05) is 13.2 Å². The molecule has 1 N–H and O–H groups in total. The van der Waals surface area contributed by atoms with E-state index in [2.05, 4.69) is 12.2 Å². The maximum Gasteiger partial charge on any atom is 0.257 e. The number of hydrogen-bond acceptors (Lipinski definition) is 2. The second-order valence-corrected chi connectivity index (χ2v) is 5.42. The van der Waals surface area contributed by atoms with Crippen LogP contribution in [0.25, 0.3) is 0 Å². The van der Waals surface area contributed by atoms with Crippen LogP contribution in [0.4, 0.5) is 0 Å². The normalized spacial score (nSPS) is 10.3. The summed E-state index contributed by atoms with van der Waals surface area (Å²) >= 11 is 5.93. The van der Waals surface area contributed by atoms with Crippen LogP contribution in [-0.2, 0) is 17.6 Å². The summed E-state index contributed by atoms with van der Waals surface area (Å²) in [7, 11) is 0. The highest BCUT2D eigenvalue weighted by atomic mass is 35.5. The number of halogens is 1. The summed E-state index contributed by atoms with van der Waals surface area (Å²) in [5.74, 6) is 0.655. The summed E-state index contributed by atoms with van der Waals surface area (Å²) in [4.78, 5) is 11.8. The fraction of sp³-hybridized carbons (Fsp3) is 0.278. The van der Waals surface area contributed by atoms with Crippen molar-refractivity contribution < 1.29 is 9.53 Å². The van der Waals surface area contributed by atoms with Gasteiger partial charge in [-0.1, -0.05) is 48.9 Å². The summed E-state index contributed by atoms with van der Waals surface area (Å²) in [5.41, 5.74) is 2.21. The molecule has 0 saturated carbocycles. The van der Waals surface area contributed by atoms with Crippen molar-refractivity contribution in [3.05, 3.63) is 64.7 Å². The molecule has 22 heavy (non-hydrogen) atoms. The Morgan fingerprint density at radius 1 is 1.18 bits per heavy atom. The van der Waals surface area contributed by atoms with Crippen molar-refractivity contribution in [2.24, 2.45) is 0 Å². The molecule has 0 heterocycles. The van der Waals surface area contributed by atoms with Crippen LogP contribution in [0.15, 0.2) is 48.5 Å². The van der Waals surface area contributed by atoms with E-state index in [9.17, 15) is 4.79 Å². The van der Waals surface area contributed by atoms with Gasteiger partial charge in [0.1, 0.15) is 5.75 Å². The first-order valence-corrected chi connectivity index (χ1v) is 7.78. The molecule has 2 aromatic carbocycles. The standard InChI is InChI=1S/C18H20ClNO2/c1-2-15-7-3-4-9-17(15)22-13-18(21)20-11-10-14-6-5-8-16(19)12-14/h3-9,12H,2,10-11,13H2,1H3,(H,20,21).